The normalized spacial score (nSPS) is 50.9. The van der Waals surface area contributed by atoms with Gasteiger partial charge in [-0.3, -0.25) is 4.79 Å². The summed E-state index contributed by atoms with van der Waals surface area (Å²) >= 11 is 0. The van der Waals surface area contributed by atoms with Crippen molar-refractivity contribution in [2.24, 2.45) is 27.8 Å². The maximum absolute atomic E-state index is 14.5. The van der Waals surface area contributed by atoms with Crippen LogP contribution in [0.5, 0.6) is 0 Å². The molecule has 0 amide bonds. The van der Waals surface area contributed by atoms with E-state index in [2.05, 4.69) is 10.1 Å². The van der Waals surface area contributed by atoms with Gasteiger partial charge in [0, 0.05) is 12.6 Å². The first-order chi connectivity index (χ1) is 16.6. The summed E-state index contributed by atoms with van der Waals surface area (Å²) in [7, 11) is 0. The van der Waals surface area contributed by atoms with E-state index in [0.29, 0.717) is 6.42 Å². The second kappa shape index (κ2) is 7.16. The highest BCUT2D eigenvalue weighted by molar-refractivity contribution is 6.08. The Labute approximate surface area is 208 Å². The van der Waals surface area contributed by atoms with Crippen LogP contribution < -0.4 is 0 Å². The fraction of sp³-hybridized carbons (Fsp3) is 0.720. The molecule has 3 heterocycles. The Balaban J connectivity index is 1.84. The molecule has 4 fully saturated rings. The van der Waals surface area contributed by atoms with Crippen molar-refractivity contribution in [1.29, 1.82) is 0 Å². The van der Waals surface area contributed by atoms with Crippen LogP contribution in [-0.4, -0.2) is 82.9 Å². The summed E-state index contributed by atoms with van der Waals surface area (Å²) in [5, 5.41) is 62.1. The minimum Gasteiger partial charge on any atom is -0.448 e. The van der Waals surface area contributed by atoms with E-state index in [1.54, 1.807) is 26.8 Å². The number of nitrogens with zero attached hydrogens (tertiary/aromatic N) is 1. The Morgan fingerprint density at radius 2 is 1.94 bits per heavy atom. The van der Waals surface area contributed by atoms with E-state index >= 15 is 0 Å². The number of H-pyrrole nitrogens is 1. The van der Waals surface area contributed by atoms with Crippen molar-refractivity contribution < 1.29 is 44.7 Å². The number of fused-ring (bicyclic) bond motifs is 2. The van der Waals surface area contributed by atoms with Gasteiger partial charge in [-0.1, -0.05) is 32.9 Å². The molecule has 6 N–H and O–H groups in total. The summed E-state index contributed by atoms with van der Waals surface area (Å²) < 4.78 is 11.9. The van der Waals surface area contributed by atoms with Crippen LogP contribution in [0.3, 0.4) is 0 Å². The highest BCUT2D eigenvalue weighted by atomic mass is 16.7. The topological polar surface area (TPSA) is 182 Å². The van der Waals surface area contributed by atoms with Gasteiger partial charge in [-0.15, -0.1) is 0 Å². The van der Waals surface area contributed by atoms with Crippen LogP contribution in [0.25, 0.3) is 0 Å². The summed E-state index contributed by atoms with van der Waals surface area (Å²) in [6, 6.07) is 3.02. The van der Waals surface area contributed by atoms with Crippen LogP contribution in [-0.2, 0) is 14.3 Å². The SMILES string of the molecule is CC1CC[C@@]2(O)[C@]3(O[C@@]4(O)C[C@]2(C)C(=NO)C(OC(=O)c2ccc[nH]2)[C@](O)(C(C)C)[C@@]4(C)C3=O)C1O. The number of aliphatic hydroxyl groups is 4. The number of esters is 1. The van der Waals surface area contributed by atoms with Crippen molar-refractivity contribution in [3.05, 3.63) is 24.0 Å². The molecule has 5 rings (SSSR count). The molecule has 2 saturated heterocycles. The first-order valence-corrected chi connectivity index (χ1v) is 12.3. The molecule has 0 aromatic carbocycles. The summed E-state index contributed by atoms with van der Waals surface area (Å²) in [5.41, 5.74) is -11.0. The summed E-state index contributed by atoms with van der Waals surface area (Å²) in [6.45, 7) is 7.64. The fourth-order valence-corrected chi connectivity index (χ4v) is 7.75. The molecule has 3 unspecified atom stereocenters. The number of rotatable bonds is 3. The third-order valence-electron chi connectivity index (χ3n) is 9.99. The molecule has 4 aliphatic rings. The number of Topliss-reactive ketones (excluding diaryl/α,β-unsaturated/α-hetero) is 1. The Hall–Kier alpha value is -2.31. The highest BCUT2D eigenvalue weighted by Gasteiger charge is 2.92. The Kier molecular flexibility index (Phi) is 5.04. The van der Waals surface area contributed by atoms with E-state index in [9.17, 15) is 35.2 Å². The lowest BCUT2D eigenvalue weighted by Gasteiger charge is -2.62. The van der Waals surface area contributed by atoms with Gasteiger partial charge in [0.1, 0.15) is 28.0 Å². The molecule has 3 bridgehead atoms. The van der Waals surface area contributed by atoms with Crippen LogP contribution >= 0.6 is 0 Å². The van der Waals surface area contributed by atoms with Crippen molar-refractivity contribution in [2.75, 3.05) is 0 Å². The number of aromatic amines is 1. The van der Waals surface area contributed by atoms with E-state index in [-0.39, 0.29) is 17.8 Å². The Morgan fingerprint density at radius 1 is 1.28 bits per heavy atom. The average molecular weight is 507 g/mol. The zero-order valence-electron chi connectivity index (χ0n) is 21.0. The number of carbonyl (C=O) groups excluding carboxylic acids is 2. The molecule has 11 nitrogen and oxygen atoms in total. The molecule has 1 aromatic rings. The molecular formula is C25H34N2O9. The number of ether oxygens (including phenoxy) is 2. The first kappa shape index (κ1) is 25.3. The van der Waals surface area contributed by atoms with Crippen molar-refractivity contribution in [3.63, 3.8) is 0 Å². The standard InChI is InChI=1S/C25H34N2O9/c1-12(2)24(33)17(35-18(29)14-7-6-10-26-14)15(27-34)20(4)11-23(32)21(24,5)19(30)25(36-23)16(28)13(3)8-9-22(20,25)31/h6-7,10,12-13,16-17,26,28,31-34H,8-9,11H2,1-5H3/t13?,16?,17?,20-,21+,22+,23+,24-,25+/m1/s1. The maximum Gasteiger partial charge on any atom is 0.355 e. The van der Waals surface area contributed by atoms with Crippen molar-refractivity contribution in [2.45, 2.75) is 88.7 Å². The minimum atomic E-state index is -2.40. The number of aromatic nitrogens is 1. The lowest BCUT2D eigenvalue weighted by molar-refractivity contribution is -0.382. The number of hydrogen-bond donors (Lipinski definition) is 6. The average Bonchev–Trinajstić information content (AvgIpc) is 3.40. The van der Waals surface area contributed by atoms with Gasteiger partial charge in [0.2, 0.25) is 0 Å². The zero-order valence-corrected chi connectivity index (χ0v) is 21.0. The number of aliphatic hydroxyl groups excluding tert-OH is 1. The molecule has 9 atom stereocenters. The minimum absolute atomic E-state index is 0.0317. The molecule has 1 spiro atoms. The van der Waals surface area contributed by atoms with Crippen LogP contribution in [0, 0.1) is 22.7 Å². The third-order valence-corrected chi connectivity index (χ3v) is 9.99. The molecule has 2 aliphatic heterocycles. The van der Waals surface area contributed by atoms with Gasteiger partial charge >= 0.3 is 5.97 Å². The van der Waals surface area contributed by atoms with Gasteiger partial charge in [0.05, 0.1) is 11.5 Å². The van der Waals surface area contributed by atoms with Gasteiger partial charge in [0.15, 0.2) is 23.3 Å². The molecule has 1 aromatic heterocycles. The lowest BCUT2D eigenvalue weighted by Crippen LogP contribution is -2.80. The monoisotopic (exact) mass is 506 g/mol. The quantitative estimate of drug-likeness (QED) is 0.196. The predicted octanol–water partition coefficient (Wildman–Crippen LogP) is 0.736. The molecule has 36 heavy (non-hydrogen) atoms. The lowest BCUT2D eigenvalue weighted by atomic mass is 9.48. The molecular weight excluding hydrogens is 472 g/mol. The van der Waals surface area contributed by atoms with Gasteiger partial charge in [-0.2, -0.15) is 0 Å². The van der Waals surface area contributed by atoms with Crippen molar-refractivity contribution >= 4 is 17.5 Å². The van der Waals surface area contributed by atoms with Gasteiger partial charge in [0.25, 0.3) is 0 Å². The molecule has 0 radical (unpaired) electrons. The third kappa shape index (κ3) is 2.35. The fourth-order valence-electron chi connectivity index (χ4n) is 7.75. The number of ketones is 1. The van der Waals surface area contributed by atoms with E-state index < -0.39 is 75.6 Å². The largest absolute Gasteiger partial charge is 0.448 e. The van der Waals surface area contributed by atoms with Crippen molar-refractivity contribution in [1.82, 2.24) is 4.98 Å². The summed E-state index contributed by atoms with van der Waals surface area (Å²) in [4.78, 5) is 30.4. The van der Waals surface area contributed by atoms with Crippen LogP contribution in [0.15, 0.2) is 23.5 Å². The van der Waals surface area contributed by atoms with E-state index in [0.717, 1.165) is 0 Å². The van der Waals surface area contributed by atoms with E-state index in [1.807, 2.05) is 0 Å². The van der Waals surface area contributed by atoms with Crippen molar-refractivity contribution in [3.8, 4) is 0 Å². The molecule has 2 saturated carbocycles. The summed E-state index contributed by atoms with van der Waals surface area (Å²) in [6.07, 6.45) is -1.95. The smallest absolute Gasteiger partial charge is 0.355 e. The van der Waals surface area contributed by atoms with Crippen LogP contribution in [0.1, 0.15) is 64.4 Å². The van der Waals surface area contributed by atoms with Gasteiger partial charge < -0.3 is 40.1 Å². The van der Waals surface area contributed by atoms with Crippen LogP contribution in [0.2, 0.25) is 0 Å². The first-order valence-electron chi connectivity index (χ1n) is 12.3. The maximum atomic E-state index is 14.5. The number of oxime groups is 1. The molecule has 2 aliphatic carbocycles. The van der Waals surface area contributed by atoms with E-state index in [4.69, 9.17) is 9.47 Å². The van der Waals surface area contributed by atoms with Crippen LogP contribution in [0.4, 0.5) is 0 Å². The number of carbonyl (C=O) groups is 2. The van der Waals surface area contributed by atoms with Gasteiger partial charge in [-0.05, 0) is 43.7 Å². The molecule has 11 heteroatoms. The second-order valence-corrected chi connectivity index (χ2v) is 11.7. The second-order valence-electron chi connectivity index (χ2n) is 11.7. The molecule has 198 valence electrons. The number of nitrogens with one attached hydrogen (secondary N) is 1. The number of hydrogen-bond acceptors (Lipinski definition) is 10. The zero-order chi connectivity index (χ0) is 26.7. The Bertz CT molecular complexity index is 1150. The summed E-state index contributed by atoms with van der Waals surface area (Å²) in [5.74, 6) is -5.51. The van der Waals surface area contributed by atoms with E-state index in [1.165, 1.54) is 26.1 Å². The Morgan fingerprint density at radius 3 is 2.50 bits per heavy atom. The predicted molar refractivity (Wildman–Crippen MR) is 123 cm³/mol. The highest BCUT2D eigenvalue weighted by Crippen LogP contribution is 2.73. The van der Waals surface area contributed by atoms with Gasteiger partial charge in [-0.25, -0.2) is 4.79 Å².